The molecule has 2 aromatic carbocycles. The van der Waals surface area contributed by atoms with Gasteiger partial charge in [-0.05, 0) is 60.7 Å². The van der Waals surface area contributed by atoms with Crippen molar-refractivity contribution in [2.45, 2.75) is 50.9 Å². The predicted molar refractivity (Wildman–Crippen MR) is 177 cm³/mol. The molecule has 0 radical (unpaired) electrons. The lowest BCUT2D eigenvalue weighted by Gasteiger charge is -2.38. The van der Waals surface area contributed by atoms with Crippen molar-refractivity contribution in [2.24, 2.45) is 7.05 Å². The first-order valence-corrected chi connectivity index (χ1v) is 16.2. The van der Waals surface area contributed by atoms with Gasteiger partial charge in [-0.1, -0.05) is 6.07 Å². The van der Waals surface area contributed by atoms with Gasteiger partial charge < -0.3 is 24.4 Å². The molecule has 6 rings (SSSR count). The summed E-state index contributed by atoms with van der Waals surface area (Å²) in [5.41, 5.74) is 0.530. The van der Waals surface area contributed by atoms with Crippen LogP contribution in [0.15, 0.2) is 52.3 Å². The van der Waals surface area contributed by atoms with Crippen LogP contribution < -0.4 is 26.2 Å². The topological polar surface area (TPSA) is 134 Å². The van der Waals surface area contributed by atoms with Crippen molar-refractivity contribution < 1.29 is 41.4 Å². The van der Waals surface area contributed by atoms with E-state index in [9.17, 15) is 32.3 Å². The number of nitrogens with one attached hydrogen (secondary N) is 1. The summed E-state index contributed by atoms with van der Waals surface area (Å²) >= 11 is 0. The molecule has 270 valence electrons. The summed E-state index contributed by atoms with van der Waals surface area (Å²) < 4.78 is 73.9. The van der Waals surface area contributed by atoms with E-state index < -0.39 is 53.6 Å². The Bertz CT molecular complexity index is 2110. The number of halogens is 4. The van der Waals surface area contributed by atoms with Crippen LogP contribution >= 0.6 is 0 Å². The molecule has 12 nitrogen and oxygen atoms in total. The number of alkyl halides is 3. The first-order valence-electron chi connectivity index (χ1n) is 16.2. The highest BCUT2D eigenvalue weighted by Crippen LogP contribution is 2.35. The number of aryl methyl sites for hydroxylation is 2. The van der Waals surface area contributed by atoms with E-state index in [-0.39, 0.29) is 59.8 Å². The first-order chi connectivity index (χ1) is 24.3. The summed E-state index contributed by atoms with van der Waals surface area (Å²) in [6, 6.07) is 4.76. The SMILES string of the molecule is COC(=O)[C@H](Cc1ccc(-n2c(=O)c3ccncc3n(C)c2=O)c2c1CCCO2)NC(=O)c1c(C)cc(N2CCOC[C@H]2CC(F)(F)F)cc1F. The van der Waals surface area contributed by atoms with Crippen molar-refractivity contribution in [3.63, 3.8) is 0 Å². The summed E-state index contributed by atoms with van der Waals surface area (Å²) in [6.07, 6.45) is -1.77. The van der Waals surface area contributed by atoms with Gasteiger partial charge in [0.1, 0.15) is 17.6 Å². The quantitative estimate of drug-likeness (QED) is 0.215. The summed E-state index contributed by atoms with van der Waals surface area (Å²) in [5.74, 6) is -2.44. The number of carbonyl (C=O) groups excluding carboxylic acids is 2. The Kier molecular flexibility index (Phi) is 9.88. The Morgan fingerprint density at radius 2 is 1.94 bits per heavy atom. The molecule has 0 unspecified atom stereocenters. The second kappa shape index (κ2) is 14.2. The maximum Gasteiger partial charge on any atom is 0.391 e. The molecule has 4 aromatic rings. The largest absolute Gasteiger partial charge is 0.491 e. The lowest BCUT2D eigenvalue weighted by atomic mass is 9.93. The van der Waals surface area contributed by atoms with E-state index in [1.54, 1.807) is 6.07 Å². The number of aromatic nitrogens is 3. The third-order valence-corrected chi connectivity index (χ3v) is 9.21. The Morgan fingerprint density at radius 3 is 2.67 bits per heavy atom. The number of benzene rings is 2. The Labute approximate surface area is 288 Å². The van der Waals surface area contributed by atoms with E-state index >= 15 is 4.39 Å². The van der Waals surface area contributed by atoms with Crippen LogP contribution in [0.25, 0.3) is 16.6 Å². The molecule has 1 saturated heterocycles. The smallest absolute Gasteiger partial charge is 0.391 e. The van der Waals surface area contributed by atoms with E-state index in [2.05, 4.69) is 10.3 Å². The molecule has 16 heteroatoms. The van der Waals surface area contributed by atoms with Gasteiger partial charge in [0.05, 0.1) is 67.7 Å². The molecule has 2 atom stereocenters. The summed E-state index contributed by atoms with van der Waals surface area (Å²) in [7, 11) is 2.67. The van der Waals surface area contributed by atoms with Crippen LogP contribution in [0.4, 0.5) is 23.2 Å². The molecule has 2 aliphatic rings. The van der Waals surface area contributed by atoms with Crippen LogP contribution in [0.1, 0.15) is 39.9 Å². The van der Waals surface area contributed by atoms with Crippen molar-refractivity contribution in [3.8, 4) is 11.4 Å². The first kappa shape index (κ1) is 35.6. The zero-order chi connectivity index (χ0) is 36.6. The van der Waals surface area contributed by atoms with Crippen LogP contribution in [0, 0.1) is 12.7 Å². The fraction of sp³-hybridized carbons (Fsp3) is 0.400. The number of hydrogen-bond donors (Lipinski definition) is 1. The van der Waals surface area contributed by atoms with Gasteiger partial charge in [-0.3, -0.25) is 19.1 Å². The average molecular weight is 714 g/mol. The molecule has 1 N–H and O–H groups in total. The van der Waals surface area contributed by atoms with Gasteiger partial charge in [-0.25, -0.2) is 18.5 Å². The lowest BCUT2D eigenvalue weighted by molar-refractivity contribution is -0.144. The zero-order valence-electron chi connectivity index (χ0n) is 28.0. The van der Waals surface area contributed by atoms with Crippen LogP contribution in [-0.4, -0.2) is 77.7 Å². The molecule has 51 heavy (non-hydrogen) atoms. The lowest BCUT2D eigenvalue weighted by Crippen LogP contribution is -2.48. The van der Waals surface area contributed by atoms with Gasteiger partial charge in [0, 0.05) is 31.9 Å². The van der Waals surface area contributed by atoms with Crippen molar-refractivity contribution in [1.29, 1.82) is 0 Å². The molecular formula is C35H35F4N5O7. The molecule has 4 heterocycles. The molecule has 0 saturated carbocycles. The van der Waals surface area contributed by atoms with E-state index in [1.165, 1.54) is 54.0 Å². The average Bonchev–Trinajstić information content (AvgIpc) is 3.10. The number of fused-ring (bicyclic) bond motifs is 2. The minimum Gasteiger partial charge on any atom is -0.491 e. The second-order valence-corrected chi connectivity index (χ2v) is 12.5. The monoisotopic (exact) mass is 713 g/mol. The standard InChI is InChI=1S/C35H35F4N5O7/c1-19-13-21(43-10-12-50-18-22(43)16-35(37,38)39)15-25(36)29(19)31(45)41-26(33(47)49-3)14-20-6-7-27(30-23(20)5-4-11-51-30)44-32(46)24-8-9-40-17-28(24)42(2)34(44)48/h6-9,13,15,17,22,26H,4-5,10-12,14,16,18H2,1-3H3,(H,41,45)/t22-,26+/m1/s1. The highest BCUT2D eigenvalue weighted by molar-refractivity contribution is 5.98. The van der Waals surface area contributed by atoms with E-state index in [0.29, 0.717) is 36.1 Å². The van der Waals surface area contributed by atoms with Crippen molar-refractivity contribution >= 4 is 28.5 Å². The van der Waals surface area contributed by atoms with Gasteiger partial charge in [0.15, 0.2) is 0 Å². The van der Waals surface area contributed by atoms with Gasteiger partial charge in [0.25, 0.3) is 11.5 Å². The minimum absolute atomic E-state index is 0.101. The van der Waals surface area contributed by atoms with Crippen LogP contribution in [0.3, 0.4) is 0 Å². The maximum absolute atomic E-state index is 15.6. The van der Waals surface area contributed by atoms with Crippen LogP contribution in [0.5, 0.6) is 5.75 Å². The molecular weight excluding hydrogens is 678 g/mol. The molecule has 1 amide bonds. The molecule has 2 aliphatic heterocycles. The molecule has 2 aromatic heterocycles. The van der Waals surface area contributed by atoms with E-state index in [4.69, 9.17) is 14.2 Å². The number of nitrogens with zero attached hydrogens (tertiary/aromatic N) is 4. The molecule has 1 fully saturated rings. The number of esters is 1. The summed E-state index contributed by atoms with van der Waals surface area (Å²) in [6.45, 7) is 1.83. The van der Waals surface area contributed by atoms with Gasteiger partial charge >= 0.3 is 17.8 Å². The number of amides is 1. The van der Waals surface area contributed by atoms with Crippen molar-refractivity contribution in [3.05, 3.63) is 91.6 Å². The summed E-state index contributed by atoms with van der Waals surface area (Å²) in [5, 5.41) is 2.83. The summed E-state index contributed by atoms with van der Waals surface area (Å²) in [4.78, 5) is 58.9. The Balaban J connectivity index is 1.31. The number of rotatable bonds is 8. The number of anilines is 1. The fourth-order valence-corrected chi connectivity index (χ4v) is 6.79. The predicted octanol–water partition coefficient (Wildman–Crippen LogP) is 3.53. The fourth-order valence-electron chi connectivity index (χ4n) is 6.79. The number of pyridine rings is 1. The normalized spacial score (nSPS) is 16.7. The molecule has 0 spiro atoms. The zero-order valence-corrected chi connectivity index (χ0v) is 28.0. The minimum atomic E-state index is -4.46. The van der Waals surface area contributed by atoms with Gasteiger partial charge in [-0.15, -0.1) is 0 Å². The number of carbonyl (C=O) groups is 2. The maximum atomic E-state index is 15.6. The molecule has 0 aliphatic carbocycles. The number of methoxy groups -OCH3 is 1. The Morgan fingerprint density at radius 1 is 1.16 bits per heavy atom. The second-order valence-electron chi connectivity index (χ2n) is 12.5. The van der Waals surface area contributed by atoms with E-state index in [1.807, 2.05) is 0 Å². The third-order valence-electron chi connectivity index (χ3n) is 9.21. The number of hydrogen-bond acceptors (Lipinski definition) is 9. The highest BCUT2D eigenvalue weighted by atomic mass is 19.4. The van der Waals surface area contributed by atoms with Crippen molar-refractivity contribution in [2.75, 3.05) is 38.4 Å². The number of ether oxygens (including phenoxy) is 3. The Hall–Kier alpha value is -5.25. The number of morpholine rings is 1. The van der Waals surface area contributed by atoms with Crippen molar-refractivity contribution in [1.82, 2.24) is 19.4 Å². The van der Waals surface area contributed by atoms with Crippen LogP contribution in [0.2, 0.25) is 0 Å². The van der Waals surface area contributed by atoms with E-state index in [0.717, 1.165) is 17.7 Å². The van der Waals surface area contributed by atoms with Gasteiger partial charge in [-0.2, -0.15) is 13.2 Å². The van der Waals surface area contributed by atoms with Gasteiger partial charge in [0.2, 0.25) is 0 Å². The third kappa shape index (κ3) is 7.04. The highest BCUT2D eigenvalue weighted by Gasteiger charge is 2.37. The molecule has 0 bridgehead atoms. The van der Waals surface area contributed by atoms with Crippen LogP contribution in [-0.2, 0) is 34.2 Å².